The zero-order chi connectivity index (χ0) is 17.4. The molecule has 6 nitrogen and oxygen atoms in total. The smallest absolute Gasteiger partial charge is 0.167 e. The highest BCUT2D eigenvalue weighted by atomic mass is 19.1. The third kappa shape index (κ3) is 2.59. The number of benzene rings is 2. The number of pyridine rings is 1. The molecular weight excluding hydrogens is 323 g/mol. The normalized spacial score (nSPS) is 11.0. The van der Waals surface area contributed by atoms with Crippen LogP contribution in [0.5, 0.6) is 11.5 Å². The first kappa shape index (κ1) is 15.2. The van der Waals surface area contributed by atoms with Gasteiger partial charge in [0.05, 0.1) is 19.7 Å². The first-order valence-electron chi connectivity index (χ1n) is 7.61. The second-order valence-electron chi connectivity index (χ2n) is 5.47. The number of fused-ring (bicyclic) bond motifs is 3. The Morgan fingerprint density at radius 2 is 1.92 bits per heavy atom. The van der Waals surface area contributed by atoms with Crippen LogP contribution in [-0.2, 0) is 0 Å². The zero-order valence-corrected chi connectivity index (χ0v) is 13.6. The molecule has 2 aromatic heterocycles. The third-order valence-electron chi connectivity index (χ3n) is 4.01. The van der Waals surface area contributed by atoms with E-state index < -0.39 is 5.82 Å². The predicted octanol–water partition coefficient (Wildman–Crippen LogP) is 4.01. The van der Waals surface area contributed by atoms with E-state index >= 15 is 0 Å². The fourth-order valence-electron chi connectivity index (χ4n) is 2.77. The first-order valence-corrected chi connectivity index (χ1v) is 7.61. The number of anilines is 2. The second kappa shape index (κ2) is 5.94. The molecule has 0 saturated heterocycles. The van der Waals surface area contributed by atoms with Crippen molar-refractivity contribution in [3.05, 3.63) is 48.4 Å². The summed E-state index contributed by atoms with van der Waals surface area (Å²) in [7, 11) is 3.05. The number of aromatic amines is 1. The standard InChI is InChI=1S/C18H15FN4O2/c1-24-11-4-5-15-12(8-11)13-9-20-23-17(13)18(22-15)21-10-3-6-16(25-2)14(19)7-10/h3-9H,1-2H3,(H,20,23)(H,21,22). The molecule has 0 bridgehead atoms. The van der Waals surface area contributed by atoms with Crippen molar-refractivity contribution in [3.63, 3.8) is 0 Å². The van der Waals surface area contributed by atoms with E-state index in [1.165, 1.54) is 13.2 Å². The zero-order valence-electron chi connectivity index (χ0n) is 13.6. The summed E-state index contributed by atoms with van der Waals surface area (Å²) in [6.45, 7) is 0. The second-order valence-corrected chi connectivity index (χ2v) is 5.47. The van der Waals surface area contributed by atoms with Crippen molar-refractivity contribution in [3.8, 4) is 11.5 Å². The van der Waals surface area contributed by atoms with Crippen molar-refractivity contribution in [2.75, 3.05) is 19.5 Å². The average Bonchev–Trinajstić information content (AvgIpc) is 3.12. The van der Waals surface area contributed by atoms with Crippen LogP contribution in [-0.4, -0.2) is 29.4 Å². The van der Waals surface area contributed by atoms with Gasteiger partial charge in [-0.2, -0.15) is 5.10 Å². The fraction of sp³-hybridized carbons (Fsp3) is 0.111. The Kier molecular flexibility index (Phi) is 3.61. The lowest BCUT2D eigenvalue weighted by molar-refractivity contribution is 0.386. The van der Waals surface area contributed by atoms with Crippen molar-refractivity contribution in [2.24, 2.45) is 0 Å². The number of ether oxygens (including phenoxy) is 2. The summed E-state index contributed by atoms with van der Waals surface area (Å²) in [6, 6.07) is 10.3. The number of methoxy groups -OCH3 is 2. The number of hydrogen-bond acceptors (Lipinski definition) is 5. The van der Waals surface area contributed by atoms with Gasteiger partial charge >= 0.3 is 0 Å². The van der Waals surface area contributed by atoms with E-state index in [0.717, 1.165) is 22.0 Å². The summed E-state index contributed by atoms with van der Waals surface area (Å²) in [5, 5.41) is 12.1. The number of halogens is 1. The maximum absolute atomic E-state index is 13.9. The highest BCUT2D eigenvalue weighted by Crippen LogP contribution is 2.32. The van der Waals surface area contributed by atoms with Gasteiger partial charge in [0.15, 0.2) is 17.4 Å². The minimum atomic E-state index is -0.448. The van der Waals surface area contributed by atoms with E-state index in [-0.39, 0.29) is 5.75 Å². The molecule has 7 heteroatoms. The molecule has 4 aromatic rings. The summed E-state index contributed by atoms with van der Waals surface area (Å²) in [5.41, 5.74) is 2.01. The molecule has 2 N–H and O–H groups in total. The summed E-state index contributed by atoms with van der Waals surface area (Å²) in [4.78, 5) is 4.62. The Morgan fingerprint density at radius 1 is 1.04 bits per heavy atom. The van der Waals surface area contributed by atoms with Gasteiger partial charge in [0.25, 0.3) is 0 Å². The van der Waals surface area contributed by atoms with Gasteiger partial charge in [-0.1, -0.05) is 0 Å². The summed E-state index contributed by atoms with van der Waals surface area (Å²) < 4.78 is 24.1. The van der Waals surface area contributed by atoms with Crippen LogP contribution >= 0.6 is 0 Å². The van der Waals surface area contributed by atoms with Crippen molar-refractivity contribution >= 4 is 33.3 Å². The topological polar surface area (TPSA) is 72.1 Å². The lowest BCUT2D eigenvalue weighted by Crippen LogP contribution is -1.97. The molecule has 126 valence electrons. The minimum absolute atomic E-state index is 0.189. The van der Waals surface area contributed by atoms with E-state index in [9.17, 15) is 4.39 Å². The van der Waals surface area contributed by atoms with Crippen LogP contribution in [0.3, 0.4) is 0 Å². The summed E-state index contributed by atoms with van der Waals surface area (Å²) >= 11 is 0. The summed E-state index contributed by atoms with van der Waals surface area (Å²) in [5.74, 6) is 1.03. The minimum Gasteiger partial charge on any atom is -0.497 e. The quantitative estimate of drug-likeness (QED) is 0.588. The lowest BCUT2D eigenvalue weighted by Gasteiger charge is -2.10. The number of aromatic nitrogens is 3. The maximum Gasteiger partial charge on any atom is 0.167 e. The van der Waals surface area contributed by atoms with Crippen molar-refractivity contribution in [1.29, 1.82) is 0 Å². The summed E-state index contributed by atoms with van der Waals surface area (Å²) in [6.07, 6.45) is 1.80. The molecule has 2 heterocycles. The van der Waals surface area contributed by atoms with Crippen LogP contribution in [0.4, 0.5) is 15.9 Å². The molecule has 0 radical (unpaired) electrons. The Labute approximate surface area is 142 Å². The Hall–Kier alpha value is -3.35. The van der Waals surface area contributed by atoms with Gasteiger partial charge in [-0.3, -0.25) is 5.10 Å². The average molecular weight is 338 g/mol. The van der Waals surface area contributed by atoms with Gasteiger partial charge < -0.3 is 14.8 Å². The van der Waals surface area contributed by atoms with Crippen LogP contribution in [0.2, 0.25) is 0 Å². The maximum atomic E-state index is 13.9. The number of H-pyrrole nitrogens is 1. The number of hydrogen-bond donors (Lipinski definition) is 2. The monoisotopic (exact) mass is 338 g/mol. The van der Waals surface area contributed by atoms with E-state index in [2.05, 4.69) is 20.5 Å². The van der Waals surface area contributed by atoms with Gasteiger partial charge in [-0.05, 0) is 30.3 Å². The Morgan fingerprint density at radius 3 is 2.68 bits per heavy atom. The molecule has 0 fully saturated rings. The molecular formula is C18H15FN4O2. The molecule has 0 atom stereocenters. The van der Waals surface area contributed by atoms with Gasteiger partial charge in [-0.15, -0.1) is 0 Å². The van der Waals surface area contributed by atoms with Crippen LogP contribution in [0.1, 0.15) is 0 Å². The van der Waals surface area contributed by atoms with Crippen LogP contribution in [0.15, 0.2) is 42.6 Å². The van der Waals surface area contributed by atoms with Gasteiger partial charge in [-0.25, -0.2) is 9.37 Å². The number of rotatable bonds is 4. The molecule has 0 aliphatic heterocycles. The number of nitrogens with zero attached hydrogens (tertiary/aromatic N) is 2. The van der Waals surface area contributed by atoms with Crippen LogP contribution in [0.25, 0.3) is 21.8 Å². The van der Waals surface area contributed by atoms with Crippen LogP contribution < -0.4 is 14.8 Å². The first-order chi connectivity index (χ1) is 12.2. The van der Waals surface area contributed by atoms with Gasteiger partial charge in [0, 0.05) is 28.7 Å². The van der Waals surface area contributed by atoms with E-state index in [1.807, 2.05) is 18.2 Å². The van der Waals surface area contributed by atoms with Crippen molar-refractivity contribution in [1.82, 2.24) is 15.2 Å². The Balaban J connectivity index is 1.83. The fourth-order valence-corrected chi connectivity index (χ4v) is 2.77. The van der Waals surface area contributed by atoms with Crippen molar-refractivity contribution in [2.45, 2.75) is 0 Å². The molecule has 0 aliphatic rings. The van der Waals surface area contributed by atoms with Crippen molar-refractivity contribution < 1.29 is 13.9 Å². The molecule has 0 amide bonds. The lowest BCUT2D eigenvalue weighted by atomic mass is 10.1. The van der Waals surface area contributed by atoms with E-state index in [1.54, 1.807) is 25.4 Å². The highest BCUT2D eigenvalue weighted by Gasteiger charge is 2.13. The van der Waals surface area contributed by atoms with Gasteiger partial charge in [0.2, 0.25) is 0 Å². The SMILES string of the molecule is COc1ccc2nc(Nc3ccc(OC)c(F)c3)c3n[nH]cc3c2c1. The molecule has 2 aromatic carbocycles. The predicted molar refractivity (Wildman–Crippen MR) is 94.2 cm³/mol. The molecule has 0 unspecified atom stereocenters. The molecule has 0 aliphatic carbocycles. The number of nitrogens with one attached hydrogen (secondary N) is 2. The molecule has 4 rings (SSSR count). The van der Waals surface area contributed by atoms with Gasteiger partial charge in [0.1, 0.15) is 11.3 Å². The molecule has 0 saturated carbocycles. The third-order valence-corrected chi connectivity index (χ3v) is 4.01. The molecule has 0 spiro atoms. The highest BCUT2D eigenvalue weighted by molar-refractivity contribution is 6.09. The van der Waals surface area contributed by atoms with E-state index in [0.29, 0.717) is 17.0 Å². The van der Waals surface area contributed by atoms with E-state index in [4.69, 9.17) is 9.47 Å². The largest absolute Gasteiger partial charge is 0.497 e. The Bertz CT molecular complexity index is 1080. The molecule has 25 heavy (non-hydrogen) atoms. The van der Waals surface area contributed by atoms with Crippen LogP contribution in [0, 0.1) is 5.82 Å².